The smallest absolute Gasteiger partial charge is 0.157 e. The third-order valence-corrected chi connectivity index (χ3v) is 3.30. The molecule has 0 heterocycles. The molecule has 0 bridgehead atoms. The van der Waals surface area contributed by atoms with Gasteiger partial charge in [-0.2, -0.15) is 5.26 Å². The van der Waals surface area contributed by atoms with Gasteiger partial charge in [-0.25, -0.2) is 4.39 Å². The molecule has 0 fully saturated rings. The second kappa shape index (κ2) is 7.48. The lowest BCUT2D eigenvalue weighted by Gasteiger charge is -2.15. The van der Waals surface area contributed by atoms with E-state index in [0.29, 0.717) is 11.1 Å². The van der Waals surface area contributed by atoms with Gasteiger partial charge in [0, 0.05) is 5.39 Å². The molecule has 0 aliphatic rings. The third-order valence-electron chi connectivity index (χ3n) is 3.30. The topological polar surface area (TPSA) is 33.0 Å². The van der Waals surface area contributed by atoms with E-state index < -0.39 is 5.82 Å². The van der Waals surface area contributed by atoms with E-state index in [-0.39, 0.29) is 17.0 Å². The number of rotatable bonds is 2. The van der Waals surface area contributed by atoms with Crippen LogP contribution < -0.4 is 4.74 Å². The van der Waals surface area contributed by atoms with Crippen LogP contribution in [-0.4, -0.2) is 7.11 Å². The summed E-state index contributed by atoms with van der Waals surface area (Å²) in [4.78, 5) is 0. The Kier molecular flexibility index (Phi) is 5.96. The van der Waals surface area contributed by atoms with Crippen LogP contribution in [0.5, 0.6) is 5.75 Å². The predicted molar refractivity (Wildman–Crippen MR) is 88.5 cm³/mol. The van der Waals surface area contributed by atoms with Crippen LogP contribution in [-0.2, 0) is 0 Å². The van der Waals surface area contributed by atoms with Gasteiger partial charge in [-0.3, -0.25) is 0 Å². The molecule has 0 spiro atoms. The first kappa shape index (κ1) is 17.5. The van der Waals surface area contributed by atoms with Crippen LogP contribution in [0, 0.1) is 29.5 Å². The molecule has 2 aromatic carbocycles. The lowest BCUT2D eigenvalue weighted by atomic mass is 9.91. The van der Waals surface area contributed by atoms with Crippen LogP contribution in [0.3, 0.4) is 0 Å². The molecule has 0 radical (unpaired) electrons. The van der Waals surface area contributed by atoms with E-state index in [1.807, 2.05) is 39.8 Å². The second-order valence-electron chi connectivity index (χ2n) is 4.84. The van der Waals surface area contributed by atoms with Crippen molar-refractivity contribution in [3.63, 3.8) is 0 Å². The first-order valence-corrected chi connectivity index (χ1v) is 7.24. The molecule has 0 aliphatic carbocycles. The molecule has 2 aromatic rings. The quantitative estimate of drug-likeness (QED) is 0.732. The standard InChI is InChI=1S/C17H14FNO.C2H6/c1-5-14-16-11(6-12(9-19)17(14)18)7-13(20-4)8-15(16)10(2)3;1-2/h1,6-8,10H,2-4H3;1-2H3. The number of terminal acetylenes is 1. The fourth-order valence-corrected chi connectivity index (χ4v) is 2.32. The minimum absolute atomic E-state index is 0.0478. The molecule has 0 aliphatic heterocycles. The van der Waals surface area contributed by atoms with Gasteiger partial charge in [0.2, 0.25) is 0 Å². The highest BCUT2D eigenvalue weighted by atomic mass is 19.1. The average Bonchev–Trinajstić information content (AvgIpc) is 2.55. The molecule has 0 N–H and O–H groups in total. The number of ether oxygens (including phenoxy) is 1. The van der Waals surface area contributed by atoms with Crippen LogP contribution >= 0.6 is 0 Å². The summed E-state index contributed by atoms with van der Waals surface area (Å²) in [7, 11) is 1.57. The van der Waals surface area contributed by atoms with Gasteiger partial charge in [-0.1, -0.05) is 33.6 Å². The fourth-order valence-electron chi connectivity index (χ4n) is 2.32. The maximum atomic E-state index is 14.2. The summed E-state index contributed by atoms with van der Waals surface area (Å²) < 4.78 is 19.5. The van der Waals surface area contributed by atoms with Crippen molar-refractivity contribution >= 4 is 10.8 Å². The van der Waals surface area contributed by atoms with Gasteiger partial charge < -0.3 is 4.74 Å². The van der Waals surface area contributed by atoms with Crippen molar-refractivity contribution in [1.29, 1.82) is 5.26 Å². The summed E-state index contributed by atoms with van der Waals surface area (Å²) in [5, 5.41) is 10.4. The van der Waals surface area contributed by atoms with Gasteiger partial charge in [0.25, 0.3) is 0 Å². The Morgan fingerprint density at radius 1 is 1.23 bits per heavy atom. The van der Waals surface area contributed by atoms with Crippen molar-refractivity contribution in [2.45, 2.75) is 33.6 Å². The number of nitriles is 1. The monoisotopic (exact) mass is 297 g/mol. The number of halogens is 1. The van der Waals surface area contributed by atoms with E-state index in [9.17, 15) is 4.39 Å². The first-order chi connectivity index (χ1) is 10.5. The number of fused-ring (bicyclic) bond motifs is 1. The highest BCUT2D eigenvalue weighted by Crippen LogP contribution is 2.34. The molecule has 114 valence electrons. The SMILES string of the molecule is C#Cc1c(F)c(C#N)cc2cc(OC)cc(C(C)C)c12.CC. The molecule has 2 rings (SSSR count). The Labute approximate surface area is 131 Å². The number of methoxy groups -OCH3 is 1. The number of hydrogen-bond acceptors (Lipinski definition) is 2. The average molecular weight is 297 g/mol. The summed E-state index contributed by atoms with van der Waals surface area (Å²) in [5.74, 6) is 2.57. The van der Waals surface area contributed by atoms with Gasteiger partial charge >= 0.3 is 0 Å². The van der Waals surface area contributed by atoms with Gasteiger partial charge in [0.05, 0.1) is 18.2 Å². The zero-order valence-electron chi connectivity index (χ0n) is 13.6. The number of hydrogen-bond donors (Lipinski definition) is 0. The molecule has 2 nitrogen and oxygen atoms in total. The Morgan fingerprint density at radius 3 is 2.32 bits per heavy atom. The Bertz CT molecular complexity index is 764. The summed E-state index contributed by atoms with van der Waals surface area (Å²) >= 11 is 0. The van der Waals surface area contributed by atoms with Crippen molar-refractivity contribution < 1.29 is 9.13 Å². The van der Waals surface area contributed by atoms with Crippen LogP contribution in [0.25, 0.3) is 10.8 Å². The lowest BCUT2D eigenvalue weighted by Crippen LogP contribution is -1.99. The van der Waals surface area contributed by atoms with Gasteiger partial charge in [0.15, 0.2) is 5.82 Å². The van der Waals surface area contributed by atoms with E-state index in [2.05, 4.69) is 5.92 Å². The Morgan fingerprint density at radius 2 is 1.86 bits per heavy atom. The Balaban J connectivity index is 0.00000116. The van der Waals surface area contributed by atoms with Crippen LogP contribution in [0.2, 0.25) is 0 Å². The van der Waals surface area contributed by atoms with Crippen molar-refractivity contribution in [2.75, 3.05) is 7.11 Å². The summed E-state index contributed by atoms with van der Waals surface area (Å²) in [5.41, 5.74) is 1.01. The minimum Gasteiger partial charge on any atom is -0.497 e. The molecule has 22 heavy (non-hydrogen) atoms. The van der Waals surface area contributed by atoms with Gasteiger partial charge in [0.1, 0.15) is 11.8 Å². The van der Waals surface area contributed by atoms with Crippen LogP contribution in [0.15, 0.2) is 18.2 Å². The van der Waals surface area contributed by atoms with Gasteiger partial charge in [-0.05, 0) is 35.1 Å². The van der Waals surface area contributed by atoms with Crippen LogP contribution in [0.4, 0.5) is 4.39 Å². The highest BCUT2D eigenvalue weighted by Gasteiger charge is 2.17. The molecule has 0 atom stereocenters. The summed E-state index contributed by atoms with van der Waals surface area (Å²) in [6, 6.07) is 6.98. The molecule has 0 saturated carbocycles. The molecular formula is C19H20FNO. The molecule has 3 heteroatoms. The lowest BCUT2D eigenvalue weighted by molar-refractivity contribution is 0.414. The predicted octanol–water partition coefficient (Wildman–Crippen LogP) is 4.99. The molecule has 0 unspecified atom stereocenters. The second-order valence-corrected chi connectivity index (χ2v) is 4.84. The number of nitrogens with zero attached hydrogens (tertiary/aromatic N) is 1. The van der Waals surface area contributed by atoms with Crippen molar-refractivity contribution in [1.82, 2.24) is 0 Å². The minimum atomic E-state index is -0.630. The fraction of sp³-hybridized carbons (Fsp3) is 0.316. The van der Waals surface area contributed by atoms with E-state index in [0.717, 1.165) is 10.9 Å². The molecule has 0 aromatic heterocycles. The van der Waals surface area contributed by atoms with Gasteiger partial charge in [-0.15, -0.1) is 6.42 Å². The largest absolute Gasteiger partial charge is 0.497 e. The van der Waals surface area contributed by atoms with E-state index in [1.54, 1.807) is 13.2 Å². The van der Waals surface area contributed by atoms with E-state index in [1.165, 1.54) is 6.07 Å². The molecule has 0 amide bonds. The maximum absolute atomic E-state index is 14.2. The summed E-state index contributed by atoms with van der Waals surface area (Å²) in [6.45, 7) is 8.01. The van der Waals surface area contributed by atoms with Crippen molar-refractivity contribution in [3.8, 4) is 24.2 Å². The van der Waals surface area contributed by atoms with E-state index >= 15 is 0 Å². The third kappa shape index (κ3) is 3.05. The number of benzene rings is 2. The summed E-state index contributed by atoms with van der Waals surface area (Å²) in [6.07, 6.45) is 5.45. The zero-order chi connectivity index (χ0) is 16.9. The van der Waals surface area contributed by atoms with E-state index in [4.69, 9.17) is 16.4 Å². The highest BCUT2D eigenvalue weighted by molar-refractivity contribution is 5.94. The molecular weight excluding hydrogens is 277 g/mol. The Hall–Kier alpha value is -2.52. The van der Waals surface area contributed by atoms with Crippen molar-refractivity contribution in [3.05, 3.63) is 40.7 Å². The normalized spacial score (nSPS) is 9.68. The maximum Gasteiger partial charge on any atom is 0.157 e. The van der Waals surface area contributed by atoms with Crippen molar-refractivity contribution in [2.24, 2.45) is 0 Å². The molecule has 0 saturated heterocycles. The zero-order valence-corrected chi connectivity index (χ0v) is 13.6. The van der Waals surface area contributed by atoms with Crippen LogP contribution in [0.1, 0.15) is 50.3 Å². The first-order valence-electron chi connectivity index (χ1n) is 7.24.